The van der Waals surface area contributed by atoms with Gasteiger partial charge in [0.25, 0.3) is 0 Å². The molecular weight excluding hydrogens is 320 g/mol. The molecule has 0 saturated carbocycles. The van der Waals surface area contributed by atoms with E-state index in [1.54, 1.807) is 12.1 Å². The number of ether oxygens (including phenoxy) is 2. The normalized spacial score (nSPS) is 10.2. The lowest BCUT2D eigenvalue weighted by atomic mass is 10.1. The summed E-state index contributed by atoms with van der Waals surface area (Å²) >= 11 is 9.41. The molecule has 0 aliphatic rings. The number of pyridine rings is 1. The van der Waals surface area contributed by atoms with Crippen LogP contribution in [0.3, 0.4) is 0 Å². The molecule has 18 heavy (non-hydrogen) atoms. The third-order valence-corrected chi connectivity index (χ3v) is 3.75. The van der Waals surface area contributed by atoms with Gasteiger partial charge >= 0.3 is 0 Å². The number of hydrogen-bond acceptors (Lipinski definition) is 4. The molecule has 0 aliphatic carbocycles. The first-order valence-electron chi connectivity index (χ1n) is 4.93. The Labute approximate surface area is 117 Å². The Morgan fingerprint density at radius 1 is 1.33 bits per heavy atom. The van der Waals surface area contributed by atoms with Gasteiger partial charge in [0, 0.05) is 5.39 Å². The zero-order chi connectivity index (χ0) is 13.3. The molecule has 1 aromatic carbocycles. The smallest absolute Gasteiger partial charge is 0.232 e. The van der Waals surface area contributed by atoms with Gasteiger partial charge in [-0.05, 0) is 28.1 Å². The highest BCUT2D eigenvalue weighted by Gasteiger charge is 2.15. The Balaban J connectivity index is 2.89. The van der Waals surface area contributed by atoms with Crippen molar-refractivity contribution < 1.29 is 9.47 Å². The molecule has 0 atom stereocenters. The van der Waals surface area contributed by atoms with Crippen LogP contribution in [0.2, 0.25) is 5.02 Å². The average Bonchev–Trinajstić information content (AvgIpc) is 2.39. The molecular formula is C12H8BrClN2O2. The van der Waals surface area contributed by atoms with Gasteiger partial charge in [0.1, 0.15) is 17.1 Å². The fraction of sp³-hybridized carbons (Fsp3) is 0.167. The lowest BCUT2D eigenvalue weighted by Gasteiger charge is -2.10. The van der Waals surface area contributed by atoms with E-state index < -0.39 is 0 Å². The van der Waals surface area contributed by atoms with Crippen LogP contribution in [0.5, 0.6) is 11.6 Å². The van der Waals surface area contributed by atoms with Gasteiger partial charge < -0.3 is 9.47 Å². The standard InChI is InChI=1S/C12H8BrClN2O2/c1-17-11-9(13)8(14)4-6-3-7(5-15)12(18-2)16-10(6)11/h3-4H,1-2H3. The summed E-state index contributed by atoms with van der Waals surface area (Å²) in [6.07, 6.45) is 0. The van der Waals surface area contributed by atoms with Crippen LogP contribution in [0.25, 0.3) is 10.9 Å². The van der Waals surface area contributed by atoms with E-state index >= 15 is 0 Å². The van der Waals surface area contributed by atoms with Crippen LogP contribution in [-0.4, -0.2) is 19.2 Å². The van der Waals surface area contributed by atoms with Gasteiger partial charge in [0.05, 0.1) is 23.7 Å². The predicted octanol–water partition coefficient (Wildman–Crippen LogP) is 3.54. The van der Waals surface area contributed by atoms with Gasteiger partial charge in [-0.25, -0.2) is 4.98 Å². The van der Waals surface area contributed by atoms with Crippen LogP contribution in [0.1, 0.15) is 5.56 Å². The number of hydrogen-bond donors (Lipinski definition) is 0. The highest BCUT2D eigenvalue weighted by Crippen LogP contribution is 2.39. The number of methoxy groups -OCH3 is 2. The summed E-state index contributed by atoms with van der Waals surface area (Å²) in [5.74, 6) is 0.776. The molecule has 1 aromatic heterocycles. The number of halogens is 2. The molecule has 0 bridgehead atoms. The first-order valence-corrected chi connectivity index (χ1v) is 6.10. The molecule has 2 rings (SSSR count). The molecule has 0 fully saturated rings. The predicted molar refractivity (Wildman–Crippen MR) is 72.3 cm³/mol. The summed E-state index contributed by atoms with van der Waals surface area (Å²) in [5.41, 5.74) is 0.940. The zero-order valence-corrected chi connectivity index (χ0v) is 12.0. The maximum Gasteiger partial charge on any atom is 0.232 e. The number of benzene rings is 1. The van der Waals surface area contributed by atoms with E-state index in [1.165, 1.54) is 14.2 Å². The first kappa shape index (κ1) is 12.9. The van der Waals surface area contributed by atoms with Crippen molar-refractivity contribution in [3.05, 3.63) is 27.2 Å². The van der Waals surface area contributed by atoms with Crippen molar-refractivity contribution in [1.82, 2.24) is 4.98 Å². The van der Waals surface area contributed by atoms with Crippen molar-refractivity contribution >= 4 is 38.4 Å². The van der Waals surface area contributed by atoms with E-state index in [1.807, 2.05) is 6.07 Å². The molecule has 0 radical (unpaired) electrons. The topological polar surface area (TPSA) is 55.1 Å². The average molecular weight is 328 g/mol. The van der Waals surface area contributed by atoms with E-state index in [0.717, 1.165) is 5.39 Å². The molecule has 0 amide bonds. The Morgan fingerprint density at radius 3 is 2.61 bits per heavy atom. The van der Waals surface area contributed by atoms with Gasteiger partial charge in [-0.1, -0.05) is 11.6 Å². The maximum absolute atomic E-state index is 9.02. The highest BCUT2D eigenvalue weighted by atomic mass is 79.9. The van der Waals surface area contributed by atoms with Crippen LogP contribution in [0, 0.1) is 11.3 Å². The first-order chi connectivity index (χ1) is 8.62. The molecule has 0 spiro atoms. The van der Waals surface area contributed by atoms with Crippen LogP contribution in [-0.2, 0) is 0 Å². The molecule has 0 unspecified atom stereocenters. The van der Waals surface area contributed by atoms with Crippen LogP contribution in [0.15, 0.2) is 16.6 Å². The number of rotatable bonds is 2. The summed E-state index contributed by atoms with van der Waals surface area (Å²) in [6.45, 7) is 0. The minimum absolute atomic E-state index is 0.262. The summed E-state index contributed by atoms with van der Waals surface area (Å²) in [6, 6.07) is 5.41. The largest absolute Gasteiger partial charge is 0.493 e. The highest BCUT2D eigenvalue weighted by molar-refractivity contribution is 9.10. The van der Waals surface area contributed by atoms with E-state index in [9.17, 15) is 0 Å². The molecule has 0 saturated heterocycles. The van der Waals surface area contributed by atoms with Crippen molar-refractivity contribution in [2.24, 2.45) is 0 Å². The third kappa shape index (κ3) is 1.98. The molecule has 0 N–H and O–H groups in total. The fourth-order valence-corrected chi connectivity index (χ4v) is 2.31. The minimum atomic E-state index is 0.262. The Kier molecular flexibility index (Phi) is 3.60. The minimum Gasteiger partial charge on any atom is -0.493 e. The van der Waals surface area contributed by atoms with Gasteiger partial charge in [0.2, 0.25) is 5.88 Å². The number of fused-ring (bicyclic) bond motifs is 1. The van der Waals surface area contributed by atoms with Gasteiger partial charge in [-0.2, -0.15) is 5.26 Å². The van der Waals surface area contributed by atoms with Crippen LogP contribution < -0.4 is 9.47 Å². The number of aromatic nitrogens is 1. The Hall–Kier alpha value is -1.51. The monoisotopic (exact) mass is 326 g/mol. The van der Waals surface area contributed by atoms with E-state index in [2.05, 4.69) is 20.9 Å². The van der Waals surface area contributed by atoms with E-state index in [-0.39, 0.29) is 5.88 Å². The molecule has 6 heteroatoms. The molecule has 0 aliphatic heterocycles. The molecule has 4 nitrogen and oxygen atoms in total. The maximum atomic E-state index is 9.02. The van der Waals surface area contributed by atoms with Crippen LogP contribution >= 0.6 is 27.5 Å². The van der Waals surface area contributed by atoms with Crippen molar-refractivity contribution in [3.63, 3.8) is 0 Å². The fourth-order valence-electron chi connectivity index (χ4n) is 1.64. The van der Waals surface area contributed by atoms with Crippen molar-refractivity contribution in [3.8, 4) is 17.7 Å². The van der Waals surface area contributed by atoms with Crippen molar-refractivity contribution in [2.45, 2.75) is 0 Å². The van der Waals surface area contributed by atoms with E-state index in [4.69, 9.17) is 26.3 Å². The van der Waals surface area contributed by atoms with Gasteiger partial charge in [-0.15, -0.1) is 0 Å². The Morgan fingerprint density at radius 2 is 2.06 bits per heavy atom. The summed E-state index contributed by atoms with van der Waals surface area (Å²) in [5, 5.41) is 10.2. The quantitative estimate of drug-likeness (QED) is 0.846. The molecule has 1 heterocycles. The van der Waals surface area contributed by atoms with Crippen molar-refractivity contribution in [1.29, 1.82) is 5.26 Å². The van der Waals surface area contributed by atoms with Gasteiger partial charge in [-0.3, -0.25) is 0 Å². The molecule has 92 valence electrons. The summed E-state index contributed by atoms with van der Waals surface area (Å²) in [4.78, 5) is 4.28. The van der Waals surface area contributed by atoms with E-state index in [0.29, 0.717) is 26.3 Å². The second kappa shape index (κ2) is 5.01. The molecule has 2 aromatic rings. The third-order valence-electron chi connectivity index (χ3n) is 2.44. The van der Waals surface area contributed by atoms with Crippen LogP contribution in [0.4, 0.5) is 0 Å². The Bertz CT molecular complexity index is 667. The van der Waals surface area contributed by atoms with Gasteiger partial charge in [0.15, 0.2) is 5.75 Å². The number of nitriles is 1. The summed E-state index contributed by atoms with van der Waals surface area (Å²) < 4.78 is 11.0. The number of nitrogens with zero attached hydrogens (tertiary/aromatic N) is 2. The lowest BCUT2D eigenvalue weighted by Crippen LogP contribution is -1.96. The zero-order valence-electron chi connectivity index (χ0n) is 9.62. The second-order valence-corrected chi connectivity index (χ2v) is 4.63. The SMILES string of the molecule is COc1nc2c(OC)c(Br)c(Cl)cc2cc1C#N. The summed E-state index contributed by atoms with van der Waals surface area (Å²) in [7, 11) is 2.99. The second-order valence-electron chi connectivity index (χ2n) is 3.43. The van der Waals surface area contributed by atoms with Crippen molar-refractivity contribution in [2.75, 3.05) is 14.2 Å². The lowest BCUT2D eigenvalue weighted by molar-refractivity contribution is 0.395.